The second-order valence-corrected chi connectivity index (χ2v) is 5.53. The van der Waals surface area contributed by atoms with E-state index in [4.69, 9.17) is 5.26 Å². The van der Waals surface area contributed by atoms with E-state index in [1.165, 1.54) is 12.3 Å². The van der Waals surface area contributed by atoms with Crippen LogP contribution in [0, 0.1) is 17.1 Å². The molecule has 22 heavy (non-hydrogen) atoms. The van der Waals surface area contributed by atoms with Gasteiger partial charge in [-0.15, -0.1) is 5.10 Å². The lowest BCUT2D eigenvalue weighted by atomic mass is 10.1. The Balaban J connectivity index is 1.89. The van der Waals surface area contributed by atoms with Crippen LogP contribution in [0.25, 0.3) is 0 Å². The minimum Gasteiger partial charge on any atom is -0.350 e. The average Bonchev–Trinajstić information content (AvgIpc) is 3.15. The summed E-state index contributed by atoms with van der Waals surface area (Å²) < 4.78 is 16.0. The van der Waals surface area contributed by atoms with E-state index in [-0.39, 0.29) is 23.5 Å². The van der Waals surface area contributed by atoms with Crippen LogP contribution in [0.1, 0.15) is 11.6 Å². The fourth-order valence-electron chi connectivity index (χ4n) is 2.83. The molecule has 2 atom stereocenters. The molecular weight excluding hydrogens is 285 g/mol. The summed E-state index contributed by atoms with van der Waals surface area (Å²) in [5.74, 6) is -0.204. The molecule has 8 heteroatoms. The first-order valence-electron chi connectivity index (χ1n) is 6.93. The number of nitrogens with zero attached hydrogens (tertiary/aromatic N) is 7. The van der Waals surface area contributed by atoms with Gasteiger partial charge in [-0.05, 0) is 20.2 Å². The lowest BCUT2D eigenvalue weighted by molar-refractivity contribution is 0.243. The Morgan fingerprint density at radius 3 is 2.82 bits per heavy atom. The SMILES string of the molecule is CN(C)[C@@H]1CN(c2ncc(C#N)cc2F)C[C@@H]1n1ccnn1. The Labute approximate surface area is 127 Å². The van der Waals surface area contributed by atoms with E-state index in [0.717, 1.165) is 0 Å². The molecule has 1 saturated heterocycles. The standard InChI is InChI=1S/C14H16FN7/c1-20(2)12-8-21(9-13(12)22-4-3-18-19-22)14-11(15)5-10(6-16)7-17-14/h3-5,7,12-13H,8-9H2,1-2H3/t12-,13+/m1/s1. The number of likely N-dealkylation sites (N-methyl/N-ethyl adjacent to an activating group) is 1. The minimum absolute atomic E-state index is 0.0642. The van der Waals surface area contributed by atoms with Crippen molar-refractivity contribution in [3.05, 3.63) is 36.0 Å². The molecule has 2 aromatic heterocycles. The number of hydrogen-bond donors (Lipinski definition) is 0. The van der Waals surface area contributed by atoms with Gasteiger partial charge in [0.1, 0.15) is 6.07 Å². The number of anilines is 1. The van der Waals surface area contributed by atoms with Crippen LogP contribution in [0.2, 0.25) is 0 Å². The number of aromatic nitrogens is 4. The van der Waals surface area contributed by atoms with Gasteiger partial charge in [0.15, 0.2) is 11.6 Å². The molecule has 3 heterocycles. The van der Waals surface area contributed by atoms with Crippen LogP contribution < -0.4 is 4.90 Å². The highest BCUT2D eigenvalue weighted by molar-refractivity contribution is 5.45. The van der Waals surface area contributed by atoms with E-state index in [1.807, 2.05) is 31.3 Å². The van der Waals surface area contributed by atoms with Crippen molar-refractivity contribution in [1.82, 2.24) is 24.9 Å². The van der Waals surface area contributed by atoms with Crippen molar-refractivity contribution in [2.45, 2.75) is 12.1 Å². The second kappa shape index (κ2) is 5.69. The predicted octanol–water partition coefficient (Wildman–Crippen LogP) is 0.675. The maximum atomic E-state index is 14.2. The van der Waals surface area contributed by atoms with Crippen LogP contribution in [0.3, 0.4) is 0 Å². The molecule has 1 aliphatic heterocycles. The second-order valence-electron chi connectivity index (χ2n) is 5.53. The van der Waals surface area contributed by atoms with Gasteiger partial charge in [0, 0.05) is 25.5 Å². The topological polar surface area (TPSA) is 73.9 Å². The molecule has 0 amide bonds. The van der Waals surface area contributed by atoms with Gasteiger partial charge in [-0.1, -0.05) is 5.21 Å². The summed E-state index contributed by atoms with van der Waals surface area (Å²) in [6, 6.07) is 3.34. The first kappa shape index (κ1) is 14.4. The number of pyridine rings is 1. The molecule has 0 spiro atoms. The van der Waals surface area contributed by atoms with Gasteiger partial charge in [-0.3, -0.25) is 0 Å². The lowest BCUT2D eigenvalue weighted by Gasteiger charge is -2.24. The van der Waals surface area contributed by atoms with E-state index in [0.29, 0.717) is 13.1 Å². The number of hydrogen-bond acceptors (Lipinski definition) is 6. The summed E-state index contributed by atoms with van der Waals surface area (Å²) >= 11 is 0. The maximum absolute atomic E-state index is 14.2. The zero-order valence-corrected chi connectivity index (χ0v) is 12.4. The molecule has 0 aliphatic carbocycles. The number of halogens is 1. The maximum Gasteiger partial charge on any atom is 0.166 e. The van der Waals surface area contributed by atoms with Crippen molar-refractivity contribution in [3.63, 3.8) is 0 Å². The zero-order valence-electron chi connectivity index (χ0n) is 12.4. The van der Waals surface area contributed by atoms with Crippen LogP contribution in [0.15, 0.2) is 24.7 Å². The Kier molecular flexibility index (Phi) is 3.73. The Hall–Kier alpha value is -2.53. The van der Waals surface area contributed by atoms with Gasteiger partial charge >= 0.3 is 0 Å². The Bertz CT molecular complexity index is 692. The van der Waals surface area contributed by atoms with Crippen LogP contribution in [0.4, 0.5) is 10.2 Å². The fraction of sp³-hybridized carbons (Fsp3) is 0.429. The highest BCUT2D eigenvalue weighted by Gasteiger charge is 2.37. The summed E-state index contributed by atoms with van der Waals surface area (Å²) in [6.07, 6.45) is 4.84. The third-order valence-electron chi connectivity index (χ3n) is 3.95. The summed E-state index contributed by atoms with van der Waals surface area (Å²) in [4.78, 5) is 8.08. The lowest BCUT2D eigenvalue weighted by Crippen LogP contribution is -2.36. The van der Waals surface area contributed by atoms with E-state index in [2.05, 4.69) is 20.2 Å². The van der Waals surface area contributed by atoms with Crippen molar-refractivity contribution in [2.75, 3.05) is 32.1 Å². The quantitative estimate of drug-likeness (QED) is 0.830. The molecule has 1 fully saturated rings. The first-order valence-corrected chi connectivity index (χ1v) is 6.93. The Morgan fingerprint density at radius 1 is 1.41 bits per heavy atom. The first-order chi connectivity index (χ1) is 10.6. The molecule has 0 aromatic carbocycles. The van der Waals surface area contributed by atoms with Gasteiger partial charge in [0.05, 0.1) is 23.8 Å². The monoisotopic (exact) mass is 301 g/mol. The van der Waals surface area contributed by atoms with Gasteiger partial charge in [-0.2, -0.15) is 5.26 Å². The van der Waals surface area contributed by atoms with E-state index in [1.54, 1.807) is 10.9 Å². The molecule has 0 unspecified atom stereocenters. The summed E-state index contributed by atoms with van der Waals surface area (Å²) in [7, 11) is 3.97. The fourth-order valence-corrected chi connectivity index (χ4v) is 2.83. The third kappa shape index (κ3) is 2.51. The minimum atomic E-state index is -0.476. The predicted molar refractivity (Wildman–Crippen MR) is 77.7 cm³/mol. The molecule has 3 rings (SSSR count). The number of rotatable bonds is 3. The van der Waals surface area contributed by atoms with E-state index in [9.17, 15) is 4.39 Å². The van der Waals surface area contributed by atoms with E-state index < -0.39 is 5.82 Å². The molecule has 114 valence electrons. The molecule has 0 radical (unpaired) electrons. The summed E-state index contributed by atoms with van der Waals surface area (Å²) in [5, 5.41) is 16.7. The van der Waals surface area contributed by atoms with Crippen molar-refractivity contribution in [3.8, 4) is 6.07 Å². The van der Waals surface area contributed by atoms with Gasteiger partial charge in [0.25, 0.3) is 0 Å². The molecule has 0 bridgehead atoms. The number of nitriles is 1. The van der Waals surface area contributed by atoms with Crippen molar-refractivity contribution in [1.29, 1.82) is 5.26 Å². The molecular formula is C14H16FN7. The highest BCUT2D eigenvalue weighted by Crippen LogP contribution is 2.29. The van der Waals surface area contributed by atoms with Gasteiger partial charge in [-0.25, -0.2) is 14.1 Å². The summed E-state index contributed by atoms with van der Waals surface area (Å²) in [6.45, 7) is 1.22. The summed E-state index contributed by atoms with van der Waals surface area (Å²) in [5.41, 5.74) is 0.220. The van der Waals surface area contributed by atoms with Crippen LogP contribution >= 0.6 is 0 Å². The largest absolute Gasteiger partial charge is 0.350 e. The van der Waals surface area contributed by atoms with Crippen LogP contribution in [0.5, 0.6) is 0 Å². The molecule has 1 aliphatic rings. The van der Waals surface area contributed by atoms with Gasteiger partial charge < -0.3 is 9.80 Å². The van der Waals surface area contributed by atoms with E-state index >= 15 is 0 Å². The van der Waals surface area contributed by atoms with Crippen molar-refractivity contribution >= 4 is 5.82 Å². The average molecular weight is 301 g/mol. The van der Waals surface area contributed by atoms with Crippen molar-refractivity contribution in [2.24, 2.45) is 0 Å². The van der Waals surface area contributed by atoms with Crippen LogP contribution in [-0.2, 0) is 0 Å². The highest BCUT2D eigenvalue weighted by atomic mass is 19.1. The third-order valence-corrected chi connectivity index (χ3v) is 3.95. The molecule has 2 aromatic rings. The van der Waals surface area contributed by atoms with Crippen LogP contribution in [-0.4, -0.2) is 58.1 Å². The molecule has 0 N–H and O–H groups in total. The van der Waals surface area contributed by atoms with Crippen molar-refractivity contribution < 1.29 is 4.39 Å². The molecule has 7 nitrogen and oxygen atoms in total. The Morgan fingerprint density at radius 2 is 2.23 bits per heavy atom. The van der Waals surface area contributed by atoms with Gasteiger partial charge in [0.2, 0.25) is 0 Å². The zero-order chi connectivity index (χ0) is 15.7. The normalized spacial score (nSPS) is 21.3. The smallest absolute Gasteiger partial charge is 0.166 e. The molecule has 0 saturated carbocycles.